The number of aromatic amines is 1. The first kappa shape index (κ1) is 15.4. The smallest absolute Gasteiger partial charge is 0.0802 e. The summed E-state index contributed by atoms with van der Waals surface area (Å²) < 4.78 is 5.65. The molecule has 0 unspecified atom stereocenters. The van der Waals surface area contributed by atoms with Crippen LogP contribution in [0.4, 0.5) is 0 Å². The SMILES string of the molecule is C[C@@H]1COC[C@@](CO)(CNCc2ccc3[nH]ncc3c2)N1C. The number of fused-ring (bicyclic) bond motifs is 1. The quantitative estimate of drug-likeness (QED) is 0.759. The topological polar surface area (TPSA) is 73.4 Å². The van der Waals surface area contributed by atoms with Crippen molar-refractivity contribution in [3.05, 3.63) is 30.0 Å². The Morgan fingerprint density at radius 3 is 3.23 bits per heavy atom. The Morgan fingerprint density at radius 1 is 1.55 bits per heavy atom. The van der Waals surface area contributed by atoms with Gasteiger partial charge in [0.15, 0.2) is 0 Å². The van der Waals surface area contributed by atoms with Crippen LogP contribution in [0.3, 0.4) is 0 Å². The third kappa shape index (κ3) is 2.87. The minimum Gasteiger partial charge on any atom is -0.394 e. The number of aromatic nitrogens is 2. The van der Waals surface area contributed by atoms with Gasteiger partial charge < -0.3 is 15.2 Å². The highest BCUT2D eigenvalue weighted by atomic mass is 16.5. The first-order valence-corrected chi connectivity index (χ1v) is 7.69. The highest BCUT2D eigenvalue weighted by molar-refractivity contribution is 5.78. The molecule has 3 rings (SSSR count). The van der Waals surface area contributed by atoms with Crippen LogP contribution in [0.1, 0.15) is 12.5 Å². The third-order valence-electron chi connectivity index (χ3n) is 4.72. The molecular formula is C16H24N4O2. The molecular weight excluding hydrogens is 280 g/mol. The average molecular weight is 304 g/mol. The largest absolute Gasteiger partial charge is 0.394 e. The molecule has 3 N–H and O–H groups in total. The number of morpholine rings is 1. The van der Waals surface area contributed by atoms with Crippen molar-refractivity contribution in [2.75, 3.05) is 33.4 Å². The number of nitrogens with zero attached hydrogens (tertiary/aromatic N) is 2. The second-order valence-corrected chi connectivity index (χ2v) is 6.25. The number of likely N-dealkylation sites (N-methyl/N-ethyl adjacent to an activating group) is 1. The molecule has 22 heavy (non-hydrogen) atoms. The standard InChI is InChI=1S/C16H24N4O2/c1-12-8-22-11-16(10-21,20(12)2)9-17-6-13-3-4-15-14(5-13)7-18-19-15/h3-5,7,12,17,21H,6,8-11H2,1-2H3,(H,18,19)/t12-,16+/m1/s1. The van der Waals surface area contributed by atoms with Crippen LogP contribution in [0, 0.1) is 0 Å². The van der Waals surface area contributed by atoms with Crippen molar-refractivity contribution < 1.29 is 9.84 Å². The number of aliphatic hydroxyl groups is 1. The summed E-state index contributed by atoms with van der Waals surface area (Å²) in [6.45, 7) is 4.92. The van der Waals surface area contributed by atoms with Crippen molar-refractivity contribution >= 4 is 10.9 Å². The van der Waals surface area contributed by atoms with E-state index in [0.29, 0.717) is 19.2 Å². The third-order valence-corrected chi connectivity index (χ3v) is 4.72. The molecule has 0 saturated carbocycles. The molecule has 1 fully saturated rings. The van der Waals surface area contributed by atoms with Crippen molar-refractivity contribution in [1.82, 2.24) is 20.4 Å². The predicted octanol–water partition coefficient (Wildman–Crippen LogP) is 0.734. The lowest BCUT2D eigenvalue weighted by Gasteiger charge is -2.47. The number of aliphatic hydroxyl groups excluding tert-OH is 1. The Balaban J connectivity index is 1.63. The van der Waals surface area contributed by atoms with E-state index < -0.39 is 0 Å². The normalized spacial score (nSPS) is 26.6. The Kier molecular flexibility index (Phi) is 4.44. The highest BCUT2D eigenvalue weighted by Gasteiger charge is 2.39. The zero-order valence-electron chi connectivity index (χ0n) is 13.2. The molecule has 2 aromatic rings. The second kappa shape index (κ2) is 6.34. The minimum absolute atomic E-state index is 0.0849. The molecule has 1 aromatic carbocycles. The molecule has 1 aromatic heterocycles. The number of ether oxygens (including phenoxy) is 1. The van der Waals surface area contributed by atoms with E-state index in [4.69, 9.17) is 4.74 Å². The molecule has 0 amide bonds. The summed E-state index contributed by atoms with van der Waals surface area (Å²) >= 11 is 0. The van der Waals surface area contributed by atoms with Gasteiger partial charge in [0.05, 0.1) is 37.1 Å². The first-order valence-electron chi connectivity index (χ1n) is 7.69. The van der Waals surface area contributed by atoms with Crippen molar-refractivity contribution in [1.29, 1.82) is 0 Å². The highest BCUT2D eigenvalue weighted by Crippen LogP contribution is 2.22. The van der Waals surface area contributed by atoms with Crippen LogP contribution < -0.4 is 5.32 Å². The van der Waals surface area contributed by atoms with Crippen LogP contribution in [0.2, 0.25) is 0 Å². The van der Waals surface area contributed by atoms with E-state index in [0.717, 1.165) is 24.1 Å². The Labute approximate surface area is 130 Å². The Morgan fingerprint density at radius 2 is 2.41 bits per heavy atom. The molecule has 6 nitrogen and oxygen atoms in total. The summed E-state index contributed by atoms with van der Waals surface area (Å²) in [5.74, 6) is 0. The zero-order chi connectivity index (χ0) is 15.6. The molecule has 0 radical (unpaired) electrons. The van der Waals surface area contributed by atoms with Gasteiger partial charge in [0, 0.05) is 24.5 Å². The van der Waals surface area contributed by atoms with E-state index in [2.05, 4.69) is 46.5 Å². The molecule has 2 atom stereocenters. The molecule has 1 saturated heterocycles. The van der Waals surface area contributed by atoms with Crippen molar-refractivity contribution in [2.24, 2.45) is 0 Å². The summed E-state index contributed by atoms with van der Waals surface area (Å²) in [5, 5.41) is 21.4. The maximum atomic E-state index is 9.87. The molecule has 6 heteroatoms. The number of benzene rings is 1. The lowest BCUT2D eigenvalue weighted by molar-refractivity contribution is -0.106. The molecule has 1 aliphatic rings. The Hall–Kier alpha value is -1.47. The lowest BCUT2D eigenvalue weighted by atomic mass is 9.96. The van der Waals surface area contributed by atoms with Gasteiger partial charge in [0.2, 0.25) is 0 Å². The van der Waals surface area contributed by atoms with Gasteiger partial charge in [-0.05, 0) is 31.7 Å². The minimum atomic E-state index is -0.350. The summed E-state index contributed by atoms with van der Waals surface area (Å²) in [5.41, 5.74) is 1.90. The number of H-pyrrole nitrogens is 1. The van der Waals surface area contributed by atoms with Crippen LogP contribution in [0.25, 0.3) is 10.9 Å². The zero-order valence-corrected chi connectivity index (χ0v) is 13.2. The van der Waals surface area contributed by atoms with Gasteiger partial charge >= 0.3 is 0 Å². The van der Waals surface area contributed by atoms with Crippen LogP contribution in [-0.4, -0.2) is 65.2 Å². The molecule has 0 aliphatic carbocycles. The van der Waals surface area contributed by atoms with Crippen LogP contribution in [0.5, 0.6) is 0 Å². The van der Waals surface area contributed by atoms with Crippen LogP contribution in [0.15, 0.2) is 24.4 Å². The first-order chi connectivity index (χ1) is 10.6. The number of rotatable bonds is 5. The molecule has 0 bridgehead atoms. The van der Waals surface area contributed by atoms with Gasteiger partial charge in [-0.2, -0.15) is 5.10 Å². The van der Waals surface area contributed by atoms with Crippen LogP contribution in [-0.2, 0) is 11.3 Å². The predicted molar refractivity (Wildman–Crippen MR) is 85.7 cm³/mol. The molecule has 1 aliphatic heterocycles. The van der Waals surface area contributed by atoms with Crippen molar-refractivity contribution in [3.63, 3.8) is 0 Å². The van der Waals surface area contributed by atoms with Gasteiger partial charge in [-0.1, -0.05) is 6.07 Å². The van der Waals surface area contributed by atoms with Crippen molar-refractivity contribution in [3.8, 4) is 0 Å². The van der Waals surface area contributed by atoms with Gasteiger partial charge in [-0.25, -0.2) is 0 Å². The van der Waals surface area contributed by atoms with Crippen LogP contribution >= 0.6 is 0 Å². The molecule has 2 heterocycles. The number of hydrogen-bond donors (Lipinski definition) is 3. The van der Waals surface area contributed by atoms with Gasteiger partial charge in [0.1, 0.15) is 0 Å². The second-order valence-electron chi connectivity index (χ2n) is 6.25. The Bertz CT molecular complexity index is 629. The van der Waals surface area contributed by atoms with Gasteiger partial charge in [-0.15, -0.1) is 0 Å². The van der Waals surface area contributed by atoms with Gasteiger partial charge in [-0.3, -0.25) is 10.00 Å². The fraction of sp³-hybridized carbons (Fsp3) is 0.562. The van der Waals surface area contributed by atoms with Gasteiger partial charge in [0.25, 0.3) is 0 Å². The average Bonchev–Trinajstić information content (AvgIpc) is 2.99. The fourth-order valence-corrected chi connectivity index (χ4v) is 3.03. The number of hydrogen-bond acceptors (Lipinski definition) is 5. The monoisotopic (exact) mass is 304 g/mol. The lowest BCUT2D eigenvalue weighted by Crippen LogP contribution is -2.65. The molecule has 0 spiro atoms. The van der Waals surface area contributed by atoms with E-state index in [1.807, 2.05) is 12.3 Å². The van der Waals surface area contributed by atoms with E-state index in [1.54, 1.807) is 0 Å². The summed E-state index contributed by atoms with van der Waals surface area (Å²) in [7, 11) is 2.06. The van der Waals surface area contributed by atoms with E-state index >= 15 is 0 Å². The molecule has 120 valence electrons. The van der Waals surface area contributed by atoms with Crippen molar-refractivity contribution in [2.45, 2.75) is 25.0 Å². The van der Waals surface area contributed by atoms with E-state index in [9.17, 15) is 5.11 Å². The number of nitrogens with one attached hydrogen (secondary N) is 2. The summed E-state index contributed by atoms with van der Waals surface area (Å²) in [4.78, 5) is 2.22. The summed E-state index contributed by atoms with van der Waals surface area (Å²) in [6.07, 6.45) is 1.83. The maximum absolute atomic E-state index is 9.87. The maximum Gasteiger partial charge on any atom is 0.0802 e. The fourth-order valence-electron chi connectivity index (χ4n) is 3.03. The van der Waals surface area contributed by atoms with E-state index in [-0.39, 0.29) is 12.1 Å². The van der Waals surface area contributed by atoms with E-state index in [1.165, 1.54) is 5.56 Å². The summed E-state index contributed by atoms with van der Waals surface area (Å²) in [6, 6.07) is 6.56.